The molecule has 1 aromatic rings. The molecule has 19 heavy (non-hydrogen) atoms. The topological polar surface area (TPSA) is 55.4 Å². The normalized spacial score (nSPS) is 11.8. The molecule has 0 bridgehead atoms. The zero-order chi connectivity index (χ0) is 14.6. The van der Waals surface area contributed by atoms with Crippen LogP contribution in [0.4, 0.5) is 4.79 Å². The molecule has 0 saturated heterocycles. The molecule has 0 aromatic heterocycles. The summed E-state index contributed by atoms with van der Waals surface area (Å²) in [4.78, 5) is 23.8. The van der Waals surface area contributed by atoms with Crippen LogP contribution in [0.25, 0.3) is 0 Å². The fraction of sp³-hybridized carbons (Fsp3) is 0.429. The molecule has 5 heteroatoms. The molecule has 0 heterocycles. The Morgan fingerprint density at radius 1 is 1.21 bits per heavy atom. The molecular formula is C14H19NO3S. The van der Waals surface area contributed by atoms with E-state index in [9.17, 15) is 9.59 Å². The molecule has 4 nitrogen and oxygen atoms in total. The SMILES string of the molecule is COC(=O)NC(=O)[C@@H](C)Sc1c(C)cc(C)cc1C. The van der Waals surface area contributed by atoms with E-state index in [2.05, 4.69) is 22.2 Å². The highest BCUT2D eigenvalue weighted by Crippen LogP contribution is 2.30. The maximum atomic E-state index is 11.8. The quantitative estimate of drug-likeness (QED) is 0.865. The predicted octanol–water partition coefficient (Wildman–Crippen LogP) is 2.98. The zero-order valence-corrected chi connectivity index (χ0v) is 12.7. The van der Waals surface area contributed by atoms with Gasteiger partial charge >= 0.3 is 6.09 Å². The molecule has 1 N–H and O–H groups in total. The first-order valence-electron chi connectivity index (χ1n) is 5.98. The molecule has 1 rings (SSSR count). The zero-order valence-electron chi connectivity index (χ0n) is 11.9. The van der Waals surface area contributed by atoms with Gasteiger partial charge in [0.25, 0.3) is 0 Å². The van der Waals surface area contributed by atoms with Crippen LogP contribution in [-0.2, 0) is 9.53 Å². The van der Waals surface area contributed by atoms with Gasteiger partial charge in [0.1, 0.15) is 0 Å². The van der Waals surface area contributed by atoms with Crippen molar-refractivity contribution >= 4 is 23.8 Å². The summed E-state index contributed by atoms with van der Waals surface area (Å²) in [5.41, 5.74) is 3.48. The van der Waals surface area contributed by atoms with Gasteiger partial charge in [0.05, 0.1) is 12.4 Å². The van der Waals surface area contributed by atoms with E-state index in [1.54, 1.807) is 6.92 Å². The summed E-state index contributed by atoms with van der Waals surface area (Å²) in [5, 5.41) is 1.82. The molecule has 0 saturated carbocycles. The second-order valence-corrected chi connectivity index (χ2v) is 5.82. The number of carbonyl (C=O) groups excluding carboxylic acids is 2. The maximum absolute atomic E-state index is 11.8. The van der Waals surface area contributed by atoms with Gasteiger partial charge in [-0.15, -0.1) is 11.8 Å². The fourth-order valence-corrected chi connectivity index (χ4v) is 2.85. The van der Waals surface area contributed by atoms with Crippen molar-refractivity contribution in [1.82, 2.24) is 5.32 Å². The van der Waals surface area contributed by atoms with Crippen LogP contribution < -0.4 is 5.32 Å². The Hall–Kier alpha value is -1.49. The third kappa shape index (κ3) is 4.28. The summed E-state index contributed by atoms with van der Waals surface area (Å²) in [6, 6.07) is 4.17. The Kier molecular flexibility index (Phi) is 5.42. The van der Waals surface area contributed by atoms with Crippen molar-refractivity contribution < 1.29 is 14.3 Å². The molecule has 0 unspecified atom stereocenters. The van der Waals surface area contributed by atoms with Crippen molar-refractivity contribution in [2.75, 3.05) is 7.11 Å². The number of imide groups is 1. The number of benzene rings is 1. The average Bonchev–Trinajstić information content (AvgIpc) is 2.32. The number of hydrogen-bond donors (Lipinski definition) is 1. The molecule has 1 atom stereocenters. The molecule has 0 aliphatic heterocycles. The van der Waals surface area contributed by atoms with Crippen LogP contribution in [0.5, 0.6) is 0 Å². The number of amides is 2. The highest BCUT2D eigenvalue weighted by molar-refractivity contribution is 8.00. The average molecular weight is 281 g/mol. The van der Waals surface area contributed by atoms with Gasteiger partial charge in [-0.1, -0.05) is 17.7 Å². The smallest absolute Gasteiger partial charge is 0.413 e. The van der Waals surface area contributed by atoms with Crippen LogP contribution in [0, 0.1) is 20.8 Å². The first-order valence-corrected chi connectivity index (χ1v) is 6.86. The van der Waals surface area contributed by atoms with Crippen molar-refractivity contribution in [2.24, 2.45) is 0 Å². The molecular weight excluding hydrogens is 262 g/mol. The number of thioether (sulfide) groups is 1. The lowest BCUT2D eigenvalue weighted by atomic mass is 10.1. The summed E-state index contributed by atoms with van der Waals surface area (Å²) < 4.78 is 4.40. The lowest BCUT2D eigenvalue weighted by molar-refractivity contribution is -0.119. The summed E-state index contributed by atoms with van der Waals surface area (Å²) >= 11 is 1.45. The minimum atomic E-state index is -0.727. The van der Waals surface area contributed by atoms with Crippen molar-refractivity contribution in [1.29, 1.82) is 0 Å². The number of carbonyl (C=O) groups is 2. The van der Waals surface area contributed by atoms with E-state index < -0.39 is 6.09 Å². The summed E-state index contributed by atoms with van der Waals surface area (Å²) in [6.45, 7) is 7.85. The highest BCUT2D eigenvalue weighted by atomic mass is 32.2. The molecule has 0 aliphatic rings. The minimum Gasteiger partial charge on any atom is -0.453 e. The van der Waals surface area contributed by atoms with E-state index >= 15 is 0 Å². The van der Waals surface area contributed by atoms with Crippen LogP contribution >= 0.6 is 11.8 Å². The van der Waals surface area contributed by atoms with Crippen molar-refractivity contribution in [2.45, 2.75) is 37.8 Å². The molecule has 0 spiro atoms. The van der Waals surface area contributed by atoms with Crippen LogP contribution in [0.3, 0.4) is 0 Å². The van der Waals surface area contributed by atoms with Crippen LogP contribution in [0.15, 0.2) is 17.0 Å². The fourth-order valence-electron chi connectivity index (χ4n) is 1.84. The minimum absolute atomic E-state index is 0.351. The Labute approximate surface area is 117 Å². The number of methoxy groups -OCH3 is 1. The third-order valence-electron chi connectivity index (χ3n) is 2.68. The van der Waals surface area contributed by atoms with Crippen LogP contribution in [0.2, 0.25) is 0 Å². The molecule has 0 radical (unpaired) electrons. The summed E-state index contributed by atoms with van der Waals surface area (Å²) in [5.74, 6) is -0.351. The second kappa shape index (κ2) is 6.61. The molecule has 2 amide bonds. The van der Waals surface area contributed by atoms with Crippen molar-refractivity contribution in [3.63, 3.8) is 0 Å². The Balaban J connectivity index is 2.80. The van der Waals surface area contributed by atoms with E-state index in [1.165, 1.54) is 24.4 Å². The molecule has 0 aliphatic carbocycles. The number of ether oxygens (including phenoxy) is 1. The number of alkyl carbamates (subject to hydrolysis) is 1. The number of nitrogens with one attached hydrogen (secondary N) is 1. The van der Waals surface area contributed by atoms with E-state index in [-0.39, 0.29) is 11.2 Å². The van der Waals surface area contributed by atoms with Gasteiger partial charge in [-0.3, -0.25) is 10.1 Å². The highest BCUT2D eigenvalue weighted by Gasteiger charge is 2.19. The van der Waals surface area contributed by atoms with Gasteiger partial charge < -0.3 is 4.74 Å². The monoisotopic (exact) mass is 281 g/mol. The van der Waals surface area contributed by atoms with Gasteiger partial charge in [-0.25, -0.2) is 4.79 Å². The Morgan fingerprint density at radius 2 is 1.74 bits per heavy atom. The Morgan fingerprint density at radius 3 is 2.21 bits per heavy atom. The van der Waals surface area contributed by atoms with E-state index in [0.29, 0.717) is 0 Å². The summed E-state index contributed by atoms with van der Waals surface area (Å²) in [7, 11) is 1.23. The number of aryl methyl sites for hydroxylation is 3. The third-order valence-corrected chi connectivity index (χ3v) is 4.13. The standard InChI is InChI=1S/C14H19NO3S/c1-8-6-9(2)12(10(3)7-8)19-11(4)13(16)15-14(17)18-5/h6-7,11H,1-5H3,(H,15,16,17)/t11-/m1/s1. The summed E-state index contributed by atoms with van der Waals surface area (Å²) in [6.07, 6.45) is -0.727. The van der Waals surface area contributed by atoms with Crippen molar-refractivity contribution in [3.05, 3.63) is 28.8 Å². The molecule has 1 aromatic carbocycles. The van der Waals surface area contributed by atoms with Gasteiger partial charge in [0.15, 0.2) is 0 Å². The second-order valence-electron chi connectivity index (χ2n) is 4.47. The van der Waals surface area contributed by atoms with Gasteiger partial charge in [-0.05, 0) is 38.8 Å². The van der Waals surface area contributed by atoms with Crippen LogP contribution in [-0.4, -0.2) is 24.4 Å². The van der Waals surface area contributed by atoms with Crippen LogP contribution in [0.1, 0.15) is 23.6 Å². The van der Waals surface area contributed by atoms with E-state index in [1.807, 2.05) is 20.8 Å². The first kappa shape index (κ1) is 15.6. The maximum Gasteiger partial charge on any atom is 0.413 e. The Bertz CT molecular complexity index is 476. The van der Waals surface area contributed by atoms with E-state index in [4.69, 9.17) is 0 Å². The number of hydrogen-bond acceptors (Lipinski definition) is 4. The largest absolute Gasteiger partial charge is 0.453 e. The van der Waals surface area contributed by atoms with Gasteiger partial charge in [0.2, 0.25) is 5.91 Å². The van der Waals surface area contributed by atoms with Gasteiger partial charge in [-0.2, -0.15) is 0 Å². The van der Waals surface area contributed by atoms with Crippen molar-refractivity contribution in [3.8, 4) is 0 Å². The molecule has 0 fully saturated rings. The number of rotatable bonds is 3. The lowest BCUT2D eigenvalue weighted by Crippen LogP contribution is -2.35. The van der Waals surface area contributed by atoms with Gasteiger partial charge in [0, 0.05) is 4.90 Å². The predicted molar refractivity (Wildman–Crippen MR) is 76.5 cm³/mol. The van der Waals surface area contributed by atoms with E-state index in [0.717, 1.165) is 16.0 Å². The lowest BCUT2D eigenvalue weighted by Gasteiger charge is -2.15. The first-order chi connectivity index (χ1) is 8.85. The molecule has 104 valence electrons.